The number of nitrogens with zero attached hydrogens (tertiary/aromatic N) is 2. The standard InChI is InChI=1S/C16H16BrF3N2O/c1-21-9-13(12-3-2-11(17)8-14(12)21)15(23)22-6-4-10(5-7-22)16(18,19)20/h2-3,8-10H,4-7H2,1H3. The fraction of sp³-hybridized carbons (Fsp3) is 0.438. The molecule has 124 valence electrons. The maximum absolute atomic E-state index is 12.7. The first-order chi connectivity index (χ1) is 10.8. The van der Waals surface area contributed by atoms with E-state index in [2.05, 4.69) is 15.9 Å². The maximum Gasteiger partial charge on any atom is 0.391 e. The Morgan fingerprint density at radius 3 is 2.52 bits per heavy atom. The molecule has 2 aromatic rings. The van der Waals surface area contributed by atoms with Crippen molar-refractivity contribution in [2.45, 2.75) is 19.0 Å². The van der Waals surface area contributed by atoms with E-state index in [1.807, 2.05) is 29.8 Å². The van der Waals surface area contributed by atoms with Crippen molar-refractivity contribution in [3.8, 4) is 0 Å². The second-order valence-electron chi connectivity index (χ2n) is 5.92. The van der Waals surface area contributed by atoms with E-state index in [1.165, 1.54) is 4.90 Å². The number of fused-ring (bicyclic) bond motifs is 1. The largest absolute Gasteiger partial charge is 0.391 e. The molecule has 1 aromatic carbocycles. The third-order valence-corrected chi connectivity index (χ3v) is 4.92. The molecule has 3 rings (SSSR count). The molecule has 0 N–H and O–H groups in total. The molecular weight excluding hydrogens is 373 g/mol. The summed E-state index contributed by atoms with van der Waals surface area (Å²) in [5.74, 6) is -1.49. The Morgan fingerprint density at radius 1 is 1.26 bits per heavy atom. The van der Waals surface area contributed by atoms with Gasteiger partial charge >= 0.3 is 6.18 Å². The van der Waals surface area contributed by atoms with Gasteiger partial charge in [-0.15, -0.1) is 0 Å². The highest BCUT2D eigenvalue weighted by atomic mass is 79.9. The van der Waals surface area contributed by atoms with Crippen LogP contribution in [0, 0.1) is 5.92 Å². The van der Waals surface area contributed by atoms with Crippen LogP contribution in [0.3, 0.4) is 0 Å². The van der Waals surface area contributed by atoms with Crippen molar-refractivity contribution in [3.63, 3.8) is 0 Å². The molecule has 23 heavy (non-hydrogen) atoms. The molecule has 1 aliphatic rings. The number of carbonyl (C=O) groups excluding carboxylic acids is 1. The van der Waals surface area contributed by atoms with Crippen LogP contribution in [0.1, 0.15) is 23.2 Å². The highest BCUT2D eigenvalue weighted by Crippen LogP contribution is 2.35. The number of aryl methyl sites for hydroxylation is 1. The summed E-state index contributed by atoms with van der Waals surface area (Å²) in [5.41, 5.74) is 1.45. The van der Waals surface area contributed by atoms with Gasteiger partial charge in [0.05, 0.1) is 11.5 Å². The normalized spacial score (nSPS) is 17.0. The number of likely N-dealkylation sites (tertiary alicyclic amines) is 1. The van der Waals surface area contributed by atoms with Crippen molar-refractivity contribution < 1.29 is 18.0 Å². The summed E-state index contributed by atoms with van der Waals surface area (Å²) in [6, 6.07) is 5.63. The van der Waals surface area contributed by atoms with Crippen molar-refractivity contribution in [1.82, 2.24) is 9.47 Å². The van der Waals surface area contributed by atoms with E-state index >= 15 is 0 Å². The van der Waals surface area contributed by atoms with Crippen LogP contribution in [-0.2, 0) is 7.05 Å². The lowest BCUT2D eigenvalue weighted by atomic mass is 9.96. The van der Waals surface area contributed by atoms with Crippen molar-refractivity contribution in [2.24, 2.45) is 13.0 Å². The zero-order chi connectivity index (χ0) is 16.8. The summed E-state index contributed by atoms with van der Waals surface area (Å²) >= 11 is 3.40. The van der Waals surface area contributed by atoms with Crippen molar-refractivity contribution in [1.29, 1.82) is 0 Å². The summed E-state index contributed by atoms with van der Waals surface area (Å²) in [6.07, 6.45) is -2.47. The molecule has 2 heterocycles. The van der Waals surface area contributed by atoms with Crippen LogP contribution in [0.25, 0.3) is 10.9 Å². The van der Waals surface area contributed by atoms with E-state index in [0.717, 1.165) is 15.4 Å². The van der Waals surface area contributed by atoms with Gasteiger partial charge in [0.2, 0.25) is 0 Å². The van der Waals surface area contributed by atoms with E-state index < -0.39 is 12.1 Å². The van der Waals surface area contributed by atoms with Crippen molar-refractivity contribution in [2.75, 3.05) is 13.1 Å². The highest BCUT2D eigenvalue weighted by molar-refractivity contribution is 9.10. The summed E-state index contributed by atoms with van der Waals surface area (Å²) in [7, 11) is 1.85. The van der Waals surface area contributed by atoms with Crippen molar-refractivity contribution in [3.05, 3.63) is 34.4 Å². The average Bonchev–Trinajstić information content (AvgIpc) is 2.82. The van der Waals surface area contributed by atoms with Crippen LogP contribution >= 0.6 is 15.9 Å². The van der Waals surface area contributed by atoms with Crippen LogP contribution in [0.5, 0.6) is 0 Å². The van der Waals surface area contributed by atoms with E-state index in [4.69, 9.17) is 0 Å². The number of halogens is 4. The van der Waals surface area contributed by atoms with Gasteiger partial charge in [-0.05, 0) is 25.0 Å². The molecule has 1 saturated heterocycles. The van der Waals surface area contributed by atoms with Gasteiger partial charge in [0.25, 0.3) is 5.91 Å². The highest BCUT2D eigenvalue weighted by Gasteiger charge is 2.41. The first-order valence-corrected chi connectivity index (χ1v) is 8.17. The molecule has 0 radical (unpaired) electrons. The Morgan fingerprint density at radius 2 is 1.91 bits per heavy atom. The third kappa shape index (κ3) is 3.11. The molecule has 1 aliphatic heterocycles. The number of rotatable bonds is 1. The number of aromatic nitrogens is 1. The molecule has 0 bridgehead atoms. The molecule has 3 nitrogen and oxygen atoms in total. The molecular formula is C16H16BrF3N2O. The minimum atomic E-state index is -4.17. The van der Waals surface area contributed by atoms with Gasteiger partial charge in [0.1, 0.15) is 0 Å². The first-order valence-electron chi connectivity index (χ1n) is 7.38. The maximum atomic E-state index is 12.7. The number of hydrogen-bond donors (Lipinski definition) is 0. The fourth-order valence-electron chi connectivity index (χ4n) is 3.11. The average molecular weight is 389 g/mol. The Hall–Kier alpha value is -1.50. The summed E-state index contributed by atoms with van der Waals surface area (Å²) < 4.78 is 41.0. The van der Waals surface area contributed by atoms with Crippen molar-refractivity contribution >= 4 is 32.7 Å². The van der Waals surface area contributed by atoms with Crippen LogP contribution in [0.2, 0.25) is 0 Å². The van der Waals surface area contributed by atoms with Gasteiger partial charge in [-0.1, -0.05) is 22.0 Å². The van der Waals surface area contributed by atoms with Crippen LogP contribution in [0.4, 0.5) is 13.2 Å². The van der Waals surface area contributed by atoms with Crippen LogP contribution in [-0.4, -0.2) is 34.6 Å². The van der Waals surface area contributed by atoms with Gasteiger partial charge in [-0.2, -0.15) is 13.2 Å². The van der Waals surface area contributed by atoms with Gasteiger partial charge in [-0.25, -0.2) is 0 Å². The molecule has 1 fully saturated rings. The lowest BCUT2D eigenvalue weighted by molar-refractivity contribution is -0.183. The second kappa shape index (κ2) is 5.85. The molecule has 0 unspecified atom stereocenters. The molecule has 7 heteroatoms. The van der Waals surface area contributed by atoms with Gasteiger partial charge < -0.3 is 9.47 Å². The smallest absolute Gasteiger partial charge is 0.350 e. The Bertz CT molecular complexity index is 746. The minimum Gasteiger partial charge on any atom is -0.350 e. The van der Waals surface area contributed by atoms with E-state index in [9.17, 15) is 18.0 Å². The van der Waals surface area contributed by atoms with E-state index in [0.29, 0.717) is 5.56 Å². The number of benzene rings is 1. The zero-order valence-corrected chi connectivity index (χ0v) is 14.1. The lowest BCUT2D eigenvalue weighted by Gasteiger charge is -2.32. The molecule has 1 amide bonds. The predicted octanol–water partition coefficient (Wildman–Crippen LogP) is 4.36. The Kier molecular flexibility index (Phi) is 4.16. The fourth-order valence-corrected chi connectivity index (χ4v) is 3.46. The number of alkyl halides is 3. The quantitative estimate of drug-likeness (QED) is 0.712. The Labute approximate surface area is 140 Å². The SMILES string of the molecule is Cn1cc(C(=O)N2CCC(C(F)(F)F)CC2)c2ccc(Br)cc21. The third-order valence-electron chi connectivity index (χ3n) is 4.43. The van der Waals surface area contributed by atoms with Crippen LogP contribution < -0.4 is 0 Å². The molecule has 0 aliphatic carbocycles. The molecule has 0 atom stereocenters. The number of amides is 1. The first kappa shape index (κ1) is 16.4. The Balaban J connectivity index is 1.82. The molecule has 0 saturated carbocycles. The van der Waals surface area contributed by atoms with Gasteiger partial charge in [0.15, 0.2) is 0 Å². The topological polar surface area (TPSA) is 25.2 Å². The van der Waals surface area contributed by atoms with Crippen LogP contribution in [0.15, 0.2) is 28.9 Å². The summed E-state index contributed by atoms with van der Waals surface area (Å²) in [5, 5.41) is 0.818. The number of piperidine rings is 1. The predicted molar refractivity (Wildman–Crippen MR) is 85.3 cm³/mol. The molecule has 0 spiro atoms. The zero-order valence-electron chi connectivity index (χ0n) is 12.5. The number of hydrogen-bond acceptors (Lipinski definition) is 1. The minimum absolute atomic E-state index is 0.0223. The number of carbonyl (C=O) groups is 1. The van der Waals surface area contributed by atoms with Gasteiger partial charge in [0, 0.05) is 41.7 Å². The second-order valence-corrected chi connectivity index (χ2v) is 6.84. The van der Waals surface area contributed by atoms with E-state index in [1.54, 1.807) is 6.20 Å². The summed E-state index contributed by atoms with van der Waals surface area (Å²) in [4.78, 5) is 14.2. The van der Waals surface area contributed by atoms with Gasteiger partial charge in [-0.3, -0.25) is 4.79 Å². The lowest BCUT2D eigenvalue weighted by Crippen LogP contribution is -2.42. The van der Waals surface area contributed by atoms with E-state index in [-0.39, 0.29) is 31.8 Å². The molecule has 1 aromatic heterocycles. The monoisotopic (exact) mass is 388 g/mol. The summed E-state index contributed by atoms with van der Waals surface area (Å²) in [6.45, 7) is 0.297.